The molecule has 0 unspecified atom stereocenters. The van der Waals surface area contributed by atoms with Crippen molar-refractivity contribution >= 4 is 37.3 Å². The van der Waals surface area contributed by atoms with Gasteiger partial charge < -0.3 is 5.32 Å². The lowest BCUT2D eigenvalue weighted by Gasteiger charge is -2.34. The van der Waals surface area contributed by atoms with Crippen molar-refractivity contribution in [3.8, 4) is 0 Å². The molecule has 1 aromatic heterocycles. The third-order valence-electron chi connectivity index (χ3n) is 3.63. The highest BCUT2D eigenvalue weighted by Crippen LogP contribution is 2.31. The van der Waals surface area contributed by atoms with E-state index < -0.39 is 10.0 Å². The topological polar surface area (TPSA) is 58.2 Å². The Morgan fingerprint density at radius 1 is 1.47 bits per heavy atom. The number of hydrogen-bond donors (Lipinski definition) is 2. The summed E-state index contributed by atoms with van der Waals surface area (Å²) in [5.74, 6) is 0. The standard InChI is InChI=1S/C12H19BrN2O2S2/c1-9-10(7-11(13)18-9)19(16,17)15-8-12(2)3-5-14-6-4-12/h7,14-15H,3-6,8H2,1-2H3. The maximum Gasteiger partial charge on any atom is 0.241 e. The van der Waals surface area contributed by atoms with Crippen molar-refractivity contribution in [2.45, 2.75) is 31.6 Å². The fourth-order valence-electron chi connectivity index (χ4n) is 2.25. The van der Waals surface area contributed by atoms with Crippen molar-refractivity contribution in [2.75, 3.05) is 19.6 Å². The maximum absolute atomic E-state index is 12.3. The molecular formula is C12H19BrN2O2S2. The van der Waals surface area contributed by atoms with Crippen LogP contribution in [0.4, 0.5) is 0 Å². The molecule has 1 aliphatic rings. The van der Waals surface area contributed by atoms with E-state index in [0.29, 0.717) is 11.4 Å². The van der Waals surface area contributed by atoms with Gasteiger partial charge in [-0.05, 0) is 60.3 Å². The van der Waals surface area contributed by atoms with Crippen LogP contribution in [-0.4, -0.2) is 28.1 Å². The second kappa shape index (κ2) is 5.81. The van der Waals surface area contributed by atoms with Gasteiger partial charge in [-0.1, -0.05) is 6.92 Å². The molecule has 1 saturated heterocycles. The Bertz CT molecular complexity index is 548. The minimum Gasteiger partial charge on any atom is -0.317 e. The molecule has 2 rings (SSSR count). The quantitative estimate of drug-likeness (QED) is 0.860. The van der Waals surface area contributed by atoms with Gasteiger partial charge in [0.15, 0.2) is 0 Å². The van der Waals surface area contributed by atoms with Gasteiger partial charge in [-0.3, -0.25) is 0 Å². The lowest BCUT2D eigenvalue weighted by molar-refractivity contribution is 0.232. The monoisotopic (exact) mass is 366 g/mol. The molecule has 0 amide bonds. The molecule has 108 valence electrons. The third-order valence-corrected chi connectivity index (χ3v) is 6.84. The van der Waals surface area contributed by atoms with Crippen molar-refractivity contribution in [2.24, 2.45) is 5.41 Å². The minimum atomic E-state index is -3.40. The van der Waals surface area contributed by atoms with Crippen LogP contribution in [0, 0.1) is 12.3 Å². The highest BCUT2D eigenvalue weighted by molar-refractivity contribution is 9.11. The Morgan fingerprint density at radius 2 is 2.11 bits per heavy atom. The molecule has 0 radical (unpaired) electrons. The van der Waals surface area contributed by atoms with Gasteiger partial charge in [-0.15, -0.1) is 11.3 Å². The zero-order valence-electron chi connectivity index (χ0n) is 11.1. The van der Waals surface area contributed by atoms with Crippen molar-refractivity contribution < 1.29 is 8.42 Å². The first-order valence-corrected chi connectivity index (χ1v) is 9.38. The summed E-state index contributed by atoms with van der Waals surface area (Å²) in [6.45, 7) is 6.40. The first-order chi connectivity index (χ1) is 8.82. The van der Waals surface area contributed by atoms with E-state index in [1.165, 1.54) is 11.3 Å². The molecule has 0 aromatic carbocycles. The highest BCUT2D eigenvalue weighted by Gasteiger charge is 2.29. The van der Waals surface area contributed by atoms with Crippen LogP contribution in [-0.2, 0) is 10.0 Å². The molecule has 7 heteroatoms. The molecule has 0 saturated carbocycles. The van der Waals surface area contributed by atoms with Crippen LogP contribution in [0.2, 0.25) is 0 Å². The van der Waals surface area contributed by atoms with E-state index in [1.54, 1.807) is 6.07 Å². The van der Waals surface area contributed by atoms with Crippen molar-refractivity contribution in [3.05, 3.63) is 14.7 Å². The molecule has 4 nitrogen and oxygen atoms in total. The van der Waals surface area contributed by atoms with Crippen molar-refractivity contribution in [1.82, 2.24) is 10.0 Å². The molecule has 2 N–H and O–H groups in total. The Morgan fingerprint density at radius 3 is 2.63 bits per heavy atom. The molecule has 19 heavy (non-hydrogen) atoms. The van der Waals surface area contributed by atoms with Crippen LogP contribution >= 0.6 is 27.3 Å². The number of sulfonamides is 1. The van der Waals surface area contributed by atoms with Gasteiger partial charge in [-0.2, -0.15) is 0 Å². The average Bonchev–Trinajstić information content (AvgIpc) is 2.68. The lowest BCUT2D eigenvalue weighted by atomic mass is 9.81. The highest BCUT2D eigenvalue weighted by atomic mass is 79.9. The van der Waals surface area contributed by atoms with Gasteiger partial charge >= 0.3 is 0 Å². The van der Waals surface area contributed by atoms with Crippen LogP contribution in [0.3, 0.4) is 0 Å². The number of nitrogens with one attached hydrogen (secondary N) is 2. The average molecular weight is 367 g/mol. The van der Waals surface area contributed by atoms with Gasteiger partial charge in [0.1, 0.15) is 0 Å². The van der Waals surface area contributed by atoms with Crippen LogP contribution < -0.4 is 10.0 Å². The summed E-state index contributed by atoms with van der Waals surface area (Å²) < 4.78 is 28.2. The summed E-state index contributed by atoms with van der Waals surface area (Å²) in [6.07, 6.45) is 2.00. The van der Waals surface area contributed by atoms with Crippen LogP contribution in [0.25, 0.3) is 0 Å². The summed E-state index contributed by atoms with van der Waals surface area (Å²) >= 11 is 4.78. The fraction of sp³-hybridized carbons (Fsp3) is 0.667. The Labute approximate surface area is 127 Å². The van der Waals surface area contributed by atoms with E-state index in [-0.39, 0.29) is 5.41 Å². The van der Waals surface area contributed by atoms with Gasteiger partial charge in [0.25, 0.3) is 0 Å². The van der Waals surface area contributed by atoms with Crippen LogP contribution in [0.1, 0.15) is 24.6 Å². The maximum atomic E-state index is 12.3. The third kappa shape index (κ3) is 3.78. The second-order valence-electron chi connectivity index (χ2n) is 5.36. The van der Waals surface area contributed by atoms with E-state index >= 15 is 0 Å². The Balaban J connectivity index is 2.07. The molecule has 1 aliphatic heterocycles. The smallest absolute Gasteiger partial charge is 0.241 e. The molecule has 0 atom stereocenters. The summed E-state index contributed by atoms with van der Waals surface area (Å²) in [4.78, 5) is 1.21. The first kappa shape index (κ1) is 15.4. The van der Waals surface area contributed by atoms with Gasteiger partial charge in [-0.25, -0.2) is 13.1 Å². The predicted molar refractivity (Wildman–Crippen MR) is 82.2 cm³/mol. The Hall–Kier alpha value is 0.0500. The van der Waals surface area contributed by atoms with Gasteiger partial charge in [0.2, 0.25) is 10.0 Å². The molecule has 2 heterocycles. The molecular weight excluding hydrogens is 348 g/mol. The fourth-order valence-corrected chi connectivity index (χ4v) is 5.86. The van der Waals surface area contributed by atoms with E-state index in [2.05, 4.69) is 32.9 Å². The van der Waals surface area contributed by atoms with Gasteiger partial charge in [0, 0.05) is 11.4 Å². The number of halogens is 1. The number of piperidine rings is 1. The first-order valence-electron chi connectivity index (χ1n) is 6.29. The van der Waals surface area contributed by atoms with E-state index in [0.717, 1.165) is 34.6 Å². The number of thiophene rings is 1. The zero-order chi connectivity index (χ0) is 14.1. The van der Waals surface area contributed by atoms with Crippen LogP contribution in [0.15, 0.2) is 14.7 Å². The van der Waals surface area contributed by atoms with E-state index in [4.69, 9.17) is 0 Å². The minimum absolute atomic E-state index is 0.0550. The Kier molecular flexibility index (Phi) is 4.72. The van der Waals surface area contributed by atoms with E-state index in [9.17, 15) is 8.42 Å². The summed E-state index contributed by atoms with van der Waals surface area (Å²) in [5, 5.41) is 3.30. The molecule has 0 aliphatic carbocycles. The van der Waals surface area contributed by atoms with Crippen molar-refractivity contribution in [1.29, 1.82) is 0 Å². The largest absolute Gasteiger partial charge is 0.317 e. The molecule has 1 fully saturated rings. The molecule has 1 aromatic rings. The molecule has 0 spiro atoms. The SMILES string of the molecule is Cc1sc(Br)cc1S(=O)(=O)NCC1(C)CCNCC1. The zero-order valence-corrected chi connectivity index (χ0v) is 14.3. The second-order valence-corrected chi connectivity index (χ2v) is 9.73. The lowest BCUT2D eigenvalue weighted by Crippen LogP contribution is -2.42. The number of rotatable bonds is 4. The van der Waals surface area contributed by atoms with E-state index in [1.807, 2.05) is 6.92 Å². The summed E-state index contributed by atoms with van der Waals surface area (Å²) in [7, 11) is -3.40. The predicted octanol–water partition coefficient (Wildman–Crippen LogP) is 2.49. The normalized spacial score (nSPS) is 19.5. The number of aryl methyl sites for hydroxylation is 1. The van der Waals surface area contributed by atoms with Crippen LogP contribution in [0.5, 0.6) is 0 Å². The number of hydrogen-bond acceptors (Lipinski definition) is 4. The van der Waals surface area contributed by atoms with Crippen molar-refractivity contribution in [3.63, 3.8) is 0 Å². The summed E-state index contributed by atoms with van der Waals surface area (Å²) in [6, 6.07) is 1.67. The summed E-state index contributed by atoms with van der Waals surface area (Å²) in [5.41, 5.74) is 0.0550. The van der Waals surface area contributed by atoms with Gasteiger partial charge in [0.05, 0.1) is 8.68 Å². The molecule has 0 bridgehead atoms.